The topological polar surface area (TPSA) is 68.6 Å². The largest absolute Gasteiger partial charge is 0.419 e. The third-order valence-electron chi connectivity index (χ3n) is 6.39. The molecule has 0 radical (unpaired) electrons. The molecule has 3 heterocycles. The molecule has 36 heavy (non-hydrogen) atoms. The highest BCUT2D eigenvalue weighted by Gasteiger charge is 2.36. The molecule has 1 N–H and O–H groups in total. The number of nitrogens with zero attached hydrogens (tertiary/aromatic N) is 6. The first-order valence-corrected chi connectivity index (χ1v) is 11.6. The summed E-state index contributed by atoms with van der Waals surface area (Å²) in [5.74, 6) is 0.596. The Labute approximate surface area is 207 Å². The summed E-state index contributed by atoms with van der Waals surface area (Å²) >= 11 is 0. The number of anilines is 3. The van der Waals surface area contributed by atoms with Crippen LogP contribution in [-0.2, 0) is 6.18 Å². The Morgan fingerprint density at radius 1 is 1.06 bits per heavy atom. The first kappa shape index (κ1) is 25.6. The number of pyridine rings is 1. The van der Waals surface area contributed by atoms with Crippen LogP contribution in [0.25, 0.3) is 11.3 Å². The predicted octanol–water partition coefficient (Wildman–Crippen LogP) is 4.15. The lowest BCUT2D eigenvalue weighted by molar-refractivity contribution is -0.137. The van der Waals surface area contributed by atoms with Crippen LogP contribution in [-0.4, -0.2) is 65.9 Å². The zero-order chi connectivity index (χ0) is 26.0. The number of likely N-dealkylation sites (N-methyl/N-ethyl adjacent to an activating group) is 1. The molecule has 1 fully saturated rings. The number of aliphatic hydroxyl groups is 1. The molecule has 192 valence electrons. The number of piperazine rings is 1. The summed E-state index contributed by atoms with van der Waals surface area (Å²) in [4.78, 5) is 18.7. The number of benzene rings is 1. The van der Waals surface area contributed by atoms with Gasteiger partial charge in [-0.25, -0.2) is 14.4 Å². The normalized spacial score (nSPS) is 15.2. The maximum Gasteiger partial charge on any atom is 0.419 e. The fraction of sp³-hybridized carbons (Fsp3) is 0.400. The van der Waals surface area contributed by atoms with Crippen LogP contribution in [0.2, 0.25) is 0 Å². The number of rotatable bonds is 6. The minimum absolute atomic E-state index is 0.0768. The van der Waals surface area contributed by atoms with Gasteiger partial charge >= 0.3 is 6.18 Å². The number of aryl methyl sites for hydroxylation is 1. The van der Waals surface area contributed by atoms with Crippen molar-refractivity contribution in [3.63, 3.8) is 0 Å². The number of hydrogen-bond donors (Lipinski definition) is 1. The number of aliphatic hydroxyl groups excluding tert-OH is 1. The predicted molar refractivity (Wildman–Crippen MR) is 131 cm³/mol. The fourth-order valence-corrected chi connectivity index (χ4v) is 4.03. The maximum atomic E-state index is 13.9. The first-order chi connectivity index (χ1) is 17.1. The van der Waals surface area contributed by atoms with Gasteiger partial charge in [-0.05, 0) is 49.7 Å². The van der Waals surface area contributed by atoms with Crippen LogP contribution in [0.5, 0.6) is 0 Å². The SMILES string of the molecule is Cc1cc(-c2cc(N3CCN(c4ncccc4C(F)(F)F)CC3)nc(N(C)C(C)CO)n2)ccc1F. The Hall–Kier alpha value is -3.47. The van der Waals surface area contributed by atoms with E-state index in [0.29, 0.717) is 54.8 Å². The molecule has 1 atom stereocenters. The molecule has 11 heteroatoms. The lowest BCUT2D eigenvalue weighted by atomic mass is 10.1. The van der Waals surface area contributed by atoms with E-state index < -0.39 is 11.7 Å². The van der Waals surface area contributed by atoms with Crippen molar-refractivity contribution in [2.24, 2.45) is 0 Å². The van der Waals surface area contributed by atoms with Gasteiger partial charge in [-0.1, -0.05) is 0 Å². The van der Waals surface area contributed by atoms with Gasteiger partial charge in [-0.2, -0.15) is 18.2 Å². The fourth-order valence-electron chi connectivity index (χ4n) is 4.03. The molecular formula is C25H28F4N6O. The van der Waals surface area contributed by atoms with E-state index in [1.54, 1.807) is 42.0 Å². The van der Waals surface area contributed by atoms with Crippen LogP contribution in [0, 0.1) is 12.7 Å². The van der Waals surface area contributed by atoms with Crippen molar-refractivity contribution in [2.75, 3.05) is 54.5 Å². The van der Waals surface area contributed by atoms with E-state index in [0.717, 1.165) is 6.07 Å². The van der Waals surface area contributed by atoms with Crippen molar-refractivity contribution in [1.29, 1.82) is 0 Å². The van der Waals surface area contributed by atoms with Crippen LogP contribution in [0.15, 0.2) is 42.6 Å². The quantitative estimate of drug-likeness (QED) is 0.506. The van der Waals surface area contributed by atoms with Gasteiger partial charge in [0.25, 0.3) is 0 Å². The monoisotopic (exact) mass is 504 g/mol. The molecule has 0 bridgehead atoms. The van der Waals surface area contributed by atoms with Gasteiger partial charge in [0.2, 0.25) is 5.95 Å². The molecule has 1 unspecified atom stereocenters. The molecule has 0 spiro atoms. The number of alkyl halides is 3. The van der Waals surface area contributed by atoms with Crippen molar-refractivity contribution in [3.05, 3.63) is 59.5 Å². The van der Waals surface area contributed by atoms with E-state index in [4.69, 9.17) is 0 Å². The Morgan fingerprint density at radius 3 is 2.39 bits per heavy atom. The highest BCUT2D eigenvalue weighted by molar-refractivity contribution is 5.66. The number of aromatic nitrogens is 3. The van der Waals surface area contributed by atoms with Crippen LogP contribution in [0.4, 0.5) is 35.1 Å². The highest BCUT2D eigenvalue weighted by atomic mass is 19.4. The molecule has 0 aliphatic carbocycles. The molecular weight excluding hydrogens is 476 g/mol. The third kappa shape index (κ3) is 5.35. The molecule has 0 saturated carbocycles. The average Bonchev–Trinajstić information content (AvgIpc) is 2.88. The molecule has 1 aromatic carbocycles. The van der Waals surface area contributed by atoms with Crippen LogP contribution >= 0.6 is 0 Å². The van der Waals surface area contributed by atoms with Crippen LogP contribution in [0.3, 0.4) is 0 Å². The smallest absolute Gasteiger partial charge is 0.394 e. The number of halogens is 4. The second-order valence-corrected chi connectivity index (χ2v) is 8.86. The minimum Gasteiger partial charge on any atom is -0.394 e. The molecule has 1 aliphatic heterocycles. The van der Waals surface area contributed by atoms with E-state index in [-0.39, 0.29) is 24.3 Å². The van der Waals surface area contributed by atoms with Gasteiger partial charge in [-0.3, -0.25) is 0 Å². The molecule has 3 aromatic rings. The van der Waals surface area contributed by atoms with Crippen molar-refractivity contribution in [2.45, 2.75) is 26.1 Å². The Balaban J connectivity index is 1.64. The van der Waals surface area contributed by atoms with Gasteiger partial charge in [0, 0.05) is 51.1 Å². The highest BCUT2D eigenvalue weighted by Crippen LogP contribution is 2.36. The van der Waals surface area contributed by atoms with Crippen molar-refractivity contribution >= 4 is 17.6 Å². The van der Waals surface area contributed by atoms with E-state index in [1.165, 1.54) is 18.3 Å². The van der Waals surface area contributed by atoms with Gasteiger partial charge in [0.05, 0.1) is 23.9 Å². The van der Waals surface area contributed by atoms with E-state index >= 15 is 0 Å². The van der Waals surface area contributed by atoms with E-state index in [9.17, 15) is 22.7 Å². The summed E-state index contributed by atoms with van der Waals surface area (Å²) in [5.41, 5.74) is 1.03. The van der Waals surface area contributed by atoms with Gasteiger partial charge in [0.1, 0.15) is 17.5 Å². The zero-order valence-corrected chi connectivity index (χ0v) is 20.3. The number of hydrogen-bond acceptors (Lipinski definition) is 7. The second-order valence-electron chi connectivity index (χ2n) is 8.86. The molecule has 2 aromatic heterocycles. The molecule has 0 amide bonds. The Kier molecular flexibility index (Phi) is 7.30. The van der Waals surface area contributed by atoms with E-state index in [2.05, 4.69) is 15.0 Å². The van der Waals surface area contributed by atoms with Gasteiger partial charge in [0.15, 0.2) is 0 Å². The summed E-state index contributed by atoms with van der Waals surface area (Å²) in [6.45, 7) is 4.91. The summed E-state index contributed by atoms with van der Waals surface area (Å²) in [6, 6.07) is 8.61. The Morgan fingerprint density at radius 2 is 1.75 bits per heavy atom. The zero-order valence-electron chi connectivity index (χ0n) is 20.3. The van der Waals surface area contributed by atoms with Crippen LogP contribution in [0.1, 0.15) is 18.1 Å². The average molecular weight is 505 g/mol. The minimum atomic E-state index is -4.49. The first-order valence-electron chi connectivity index (χ1n) is 11.6. The lowest BCUT2D eigenvalue weighted by Crippen LogP contribution is -2.47. The standard InChI is InChI=1S/C25H28F4N6O/c1-16-13-18(6-7-20(16)26)21-14-22(32-24(31-21)33(3)17(2)15-36)34-9-11-35(12-10-34)23-19(25(27,28)29)5-4-8-30-23/h4-8,13-14,17,36H,9-12,15H2,1-3H3. The molecule has 1 aliphatic rings. The van der Waals surface area contributed by atoms with Crippen molar-refractivity contribution in [3.8, 4) is 11.3 Å². The molecule has 7 nitrogen and oxygen atoms in total. The summed E-state index contributed by atoms with van der Waals surface area (Å²) in [7, 11) is 1.78. The maximum absolute atomic E-state index is 13.9. The lowest BCUT2D eigenvalue weighted by Gasteiger charge is -2.37. The van der Waals surface area contributed by atoms with Crippen molar-refractivity contribution < 1.29 is 22.7 Å². The second kappa shape index (κ2) is 10.3. The third-order valence-corrected chi connectivity index (χ3v) is 6.39. The van der Waals surface area contributed by atoms with Crippen LogP contribution < -0.4 is 14.7 Å². The molecule has 1 saturated heterocycles. The molecule has 4 rings (SSSR count). The summed E-state index contributed by atoms with van der Waals surface area (Å²) in [5, 5.41) is 9.61. The Bertz CT molecular complexity index is 1210. The van der Waals surface area contributed by atoms with E-state index in [1.807, 2.05) is 11.8 Å². The van der Waals surface area contributed by atoms with Gasteiger partial charge in [-0.15, -0.1) is 0 Å². The van der Waals surface area contributed by atoms with Gasteiger partial charge < -0.3 is 19.8 Å². The van der Waals surface area contributed by atoms with Crippen molar-refractivity contribution in [1.82, 2.24) is 15.0 Å². The summed E-state index contributed by atoms with van der Waals surface area (Å²) < 4.78 is 54.3. The summed E-state index contributed by atoms with van der Waals surface area (Å²) in [6.07, 6.45) is -3.12.